The highest BCUT2D eigenvalue weighted by Crippen LogP contribution is 2.12. The highest BCUT2D eigenvalue weighted by Gasteiger charge is 2.18. The van der Waals surface area contributed by atoms with Crippen LogP contribution in [-0.2, 0) is 9.53 Å². The second-order valence-electron chi connectivity index (χ2n) is 5.97. The predicted octanol–water partition coefficient (Wildman–Crippen LogP) is 3.42. The largest absolute Gasteiger partial charge is 0.375 e. The number of hydrogen-bond acceptors (Lipinski definition) is 2. The summed E-state index contributed by atoms with van der Waals surface area (Å²) >= 11 is 0. The van der Waals surface area contributed by atoms with Gasteiger partial charge in [-0.15, -0.1) is 0 Å². The van der Waals surface area contributed by atoms with E-state index in [1.165, 1.54) is 0 Å². The molecule has 0 fully saturated rings. The van der Waals surface area contributed by atoms with E-state index in [-0.39, 0.29) is 17.4 Å². The van der Waals surface area contributed by atoms with Gasteiger partial charge in [-0.1, -0.05) is 19.1 Å². The quantitative estimate of drug-likeness (QED) is 0.762. The summed E-state index contributed by atoms with van der Waals surface area (Å²) in [5.74, 6) is -0.212. The fraction of sp³-hybridized carbons (Fsp3) is 0.667. The van der Waals surface area contributed by atoms with Crippen LogP contribution in [0.5, 0.6) is 0 Å². The Bertz CT molecular complexity index is 344. The van der Waals surface area contributed by atoms with E-state index < -0.39 is 0 Å². The minimum Gasteiger partial charge on any atom is -0.375 e. The Hall–Kier alpha value is -1.09. The number of nitrogens with one attached hydrogen (secondary N) is 1. The molecule has 3 nitrogen and oxygen atoms in total. The molecule has 0 bridgehead atoms. The van der Waals surface area contributed by atoms with Crippen molar-refractivity contribution in [2.75, 3.05) is 6.61 Å². The molecule has 0 radical (unpaired) electrons. The molecule has 1 atom stereocenters. The molecule has 1 N–H and O–H groups in total. The summed E-state index contributed by atoms with van der Waals surface area (Å²) in [6.45, 7) is 17.9. The molecule has 0 aromatic heterocycles. The summed E-state index contributed by atoms with van der Waals surface area (Å²) < 4.78 is 5.62. The van der Waals surface area contributed by atoms with E-state index in [0.29, 0.717) is 6.61 Å². The highest BCUT2D eigenvalue weighted by molar-refractivity contribution is 5.81. The van der Waals surface area contributed by atoms with Crippen LogP contribution in [0.1, 0.15) is 48.5 Å². The topological polar surface area (TPSA) is 38.3 Å². The van der Waals surface area contributed by atoms with E-state index in [1.807, 2.05) is 48.5 Å². The molecule has 104 valence electrons. The van der Waals surface area contributed by atoms with Crippen LogP contribution >= 0.6 is 0 Å². The van der Waals surface area contributed by atoms with Crippen LogP contribution in [0.25, 0.3) is 0 Å². The Morgan fingerprint density at radius 2 is 1.78 bits per heavy atom. The van der Waals surface area contributed by atoms with Gasteiger partial charge in [-0.05, 0) is 47.1 Å². The van der Waals surface area contributed by atoms with E-state index >= 15 is 0 Å². The molecule has 1 amide bonds. The van der Waals surface area contributed by atoms with E-state index in [1.54, 1.807) is 0 Å². The fourth-order valence-corrected chi connectivity index (χ4v) is 1.36. The summed E-state index contributed by atoms with van der Waals surface area (Å²) in [4.78, 5) is 12.0. The van der Waals surface area contributed by atoms with Crippen molar-refractivity contribution in [1.29, 1.82) is 0 Å². The zero-order valence-corrected chi connectivity index (χ0v) is 12.8. The normalized spacial score (nSPS) is 12.8. The van der Waals surface area contributed by atoms with Crippen LogP contribution < -0.4 is 5.32 Å². The van der Waals surface area contributed by atoms with Crippen molar-refractivity contribution >= 4 is 5.91 Å². The molecule has 3 heteroatoms. The molecular formula is C15H27NO2. The predicted molar refractivity (Wildman–Crippen MR) is 76.2 cm³/mol. The lowest BCUT2D eigenvalue weighted by Gasteiger charge is -2.22. The maximum atomic E-state index is 12.0. The summed E-state index contributed by atoms with van der Waals surface area (Å²) in [7, 11) is 0. The minimum atomic E-state index is -0.220. The molecule has 0 saturated heterocycles. The lowest BCUT2D eigenvalue weighted by molar-refractivity contribution is -0.127. The van der Waals surface area contributed by atoms with Crippen molar-refractivity contribution in [3.05, 3.63) is 23.4 Å². The number of amides is 1. The van der Waals surface area contributed by atoms with Gasteiger partial charge in [0.05, 0.1) is 18.1 Å². The van der Waals surface area contributed by atoms with Crippen LogP contribution in [0.15, 0.2) is 23.4 Å². The number of carbonyl (C=O) groups is 1. The summed E-state index contributed by atoms with van der Waals surface area (Å²) in [6.07, 6.45) is 0. The lowest BCUT2D eigenvalue weighted by atomic mass is 10.1. The highest BCUT2D eigenvalue weighted by atomic mass is 16.5. The van der Waals surface area contributed by atoms with Crippen molar-refractivity contribution in [2.24, 2.45) is 5.92 Å². The maximum absolute atomic E-state index is 12.0. The van der Waals surface area contributed by atoms with E-state index in [4.69, 9.17) is 4.74 Å². The third kappa shape index (κ3) is 6.60. The fourth-order valence-electron chi connectivity index (χ4n) is 1.36. The second kappa shape index (κ2) is 6.74. The van der Waals surface area contributed by atoms with Crippen molar-refractivity contribution in [1.82, 2.24) is 5.32 Å². The number of rotatable bonds is 5. The Morgan fingerprint density at radius 3 is 2.11 bits per heavy atom. The number of allylic oxidation sites excluding steroid dienone is 2. The Morgan fingerprint density at radius 1 is 1.28 bits per heavy atom. The Labute approximate surface area is 111 Å². The Balaban J connectivity index is 4.50. The van der Waals surface area contributed by atoms with Gasteiger partial charge in [0.2, 0.25) is 5.91 Å². The molecule has 0 aromatic rings. The number of carbonyl (C=O) groups excluding carboxylic acids is 1. The molecule has 0 unspecified atom stereocenters. The molecule has 0 rings (SSSR count). The number of ether oxygens (including phenoxy) is 1. The zero-order chi connectivity index (χ0) is 14.5. The van der Waals surface area contributed by atoms with Crippen molar-refractivity contribution < 1.29 is 9.53 Å². The summed E-state index contributed by atoms with van der Waals surface area (Å²) in [5.41, 5.74) is 2.53. The first-order valence-corrected chi connectivity index (χ1v) is 6.32. The molecule has 0 saturated carbocycles. The van der Waals surface area contributed by atoms with Gasteiger partial charge in [0.25, 0.3) is 0 Å². The molecule has 0 aliphatic rings. The summed E-state index contributed by atoms with van der Waals surface area (Å²) in [6, 6.07) is 0. The van der Waals surface area contributed by atoms with Crippen molar-refractivity contribution in [3.63, 3.8) is 0 Å². The molecule has 18 heavy (non-hydrogen) atoms. The van der Waals surface area contributed by atoms with Gasteiger partial charge in [-0.25, -0.2) is 0 Å². The maximum Gasteiger partial charge on any atom is 0.229 e. The van der Waals surface area contributed by atoms with Crippen LogP contribution in [0, 0.1) is 5.92 Å². The standard InChI is InChI=1S/C15H27NO2/c1-10(2)13(11(3)4)16-14(17)12(5)9-18-15(6,7)8/h12H,1,9H2,2-8H3,(H,16,17)/t12-/m0/s1. The minimum absolute atomic E-state index is 0.0292. The van der Waals surface area contributed by atoms with Gasteiger partial charge < -0.3 is 10.1 Å². The zero-order valence-electron chi connectivity index (χ0n) is 12.8. The Kier molecular flexibility index (Phi) is 6.33. The van der Waals surface area contributed by atoms with Crippen LogP contribution in [0.2, 0.25) is 0 Å². The summed E-state index contributed by atoms with van der Waals surface area (Å²) in [5, 5.41) is 2.91. The monoisotopic (exact) mass is 253 g/mol. The van der Waals surface area contributed by atoms with E-state index in [0.717, 1.165) is 16.8 Å². The first kappa shape index (κ1) is 16.9. The molecular weight excluding hydrogens is 226 g/mol. The lowest BCUT2D eigenvalue weighted by Crippen LogP contribution is -2.34. The van der Waals surface area contributed by atoms with E-state index in [9.17, 15) is 4.79 Å². The first-order valence-electron chi connectivity index (χ1n) is 6.32. The van der Waals surface area contributed by atoms with Crippen molar-refractivity contribution in [2.45, 2.75) is 54.1 Å². The third-order valence-electron chi connectivity index (χ3n) is 2.39. The smallest absolute Gasteiger partial charge is 0.229 e. The van der Waals surface area contributed by atoms with E-state index in [2.05, 4.69) is 11.9 Å². The molecule has 0 spiro atoms. The van der Waals surface area contributed by atoms with Gasteiger partial charge in [-0.2, -0.15) is 0 Å². The van der Waals surface area contributed by atoms with Crippen LogP contribution in [-0.4, -0.2) is 18.1 Å². The SMILES string of the molecule is C=C(C)C(NC(=O)[C@@H](C)COC(C)(C)C)=C(C)C. The average molecular weight is 253 g/mol. The molecule has 0 aliphatic carbocycles. The van der Waals surface area contributed by atoms with Gasteiger partial charge in [-0.3, -0.25) is 4.79 Å². The van der Waals surface area contributed by atoms with Gasteiger partial charge in [0.15, 0.2) is 0 Å². The van der Waals surface area contributed by atoms with Gasteiger partial charge in [0.1, 0.15) is 0 Å². The molecule has 0 heterocycles. The van der Waals surface area contributed by atoms with Crippen LogP contribution in [0.3, 0.4) is 0 Å². The molecule has 0 aromatic carbocycles. The van der Waals surface area contributed by atoms with Crippen LogP contribution in [0.4, 0.5) is 0 Å². The third-order valence-corrected chi connectivity index (χ3v) is 2.39. The number of hydrogen-bond donors (Lipinski definition) is 1. The second-order valence-corrected chi connectivity index (χ2v) is 5.97. The van der Waals surface area contributed by atoms with Gasteiger partial charge in [0, 0.05) is 5.70 Å². The average Bonchev–Trinajstić information content (AvgIpc) is 2.19. The van der Waals surface area contributed by atoms with Crippen molar-refractivity contribution in [3.8, 4) is 0 Å². The molecule has 0 aliphatic heterocycles. The van der Waals surface area contributed by atoms with Gasteiger partial charge >= 0.3 is 0 Å². The first-order chi connectivity index (χ1) is 8.04.